The van der Waals surface area contributed by atoms with Crippen LogP contribution < -0.4 is 15.4 Å². The van der Waals surface area contributed by atoms with E-state index in [1.165, 1.54) is 0 Å². The molecular formula is C19H23N3O3S. The molecule has 1 heterocycles. The molecule has 1 aliphatic heterocycles. The van der Waals surface area contributed by atoms with Crippen LogP contribution in [0.1, 0.15) is 12.0 Å². The summed E-state index contributed by atoms with van der Waals surface area (Å²) in [5.41, 5.74) is 0.985. The molecule has 0 aromatic heterocycles. The van der Waals surface area contributed by atoms with Crippen molar-refractivity contribution >= 4 is 15.8 Å². The molecule has 0 radical (unpaired) electrons. The third-order valence-corrected chi connectivity index (χ3v) is 5.95. The summed E-state index contributed by atoms with van der Waals surface area (Å²) >= 11 is 0. The highest BCUT2D eigenvalue weighted by atomic mass is 32.2. The summed E-state index contributed by atoms with van der Waals surface area (Å²) < 4.78 is 29.1. The number of rotatable bonds is 5. The normalized spacial score (nSPS) is 19.1. The molecule has 1 aliphatic rings. The van der Waals surface area contributed by atoms with Gasteiger partial charge in [0.1, 0.15) is 11.5 Å². The zero-order valence-corrected chi connectivity index (χ0v) is 15.5. The minimum absolute atomic E-state index is 0.0954. The summed E-state index contributed by atoms with van der Waals surface area (Å²) in [6.45, 7) is 0.516. The van der Waals surface area contributed by atoms with Crippen molar-refractivity contribution in [2.24, 2.45) is 4.99 Å². The van der Waals surface area contributed by atoms with Gasteiger partial charge in [-0.3, -0.25) is 4.99 Å². The van der Waals surface area contributed by atoms with E-state index in [0.29, 0.717) is 18.9 Å². The van der Waals surface area contributed by atoms with Crippen LogP contribution in [0.25, 0.3) is 0 Å². The van der Waals surface area contributed by atoms with Crippen LogP contribution in [-0.2, 0) is 16.4 Å². The summed E-state index contributed by atoms with van der Waals surface area (Å²) in [6, 6.07) is 17.3. The van der Waals surface area contributed by atoms with E-state index in [1.54, 1.807) is 7.05 Å². The quantitative estimate of drug-likeness (QED) is 0.621. The van der Waals surface area contributed by atoms with Gasteiger partial charge in [-0.05, 0) is 24.6 Å². The SMILES string of the molecule is CN=C(NCc1ccccc1Oc1ccccc1)NC1CCS(=O)(=O)C1. The molecule has 1 unspecified atom stereocenters. The summed E-state index contributed by atoms with van der Waals surface area (Å²) in [7, 11) is -1.25. The number of benzene rings is 2. The molecular weight excluding hydrogens is 350 g/mol. The molecule has 3 rings (SSSR count). The Morgan fingerprint density at radius 3 is 2.58 bits per heavy atom. The zero-order chi connectivity index (χ0) is 18.4. The van der Waals surface area contributed by atoms with Crippen LogP contribution in [0.15, 0.2) is 59.6 Å². The molecule has 2 N–H and O–H groups in total. The van der Waals surface area contributed by atoms with Gasteiger partial charge in [0.25, 0.3) is 0 Å². The number of guanidine groups is 1. The molecule has 138 valence electrons. The van der Waals surface area contributed by atoms with Gasteiger partial charge in [0, 0.05) is 25.2 Å². The van der Waals surface area contributed by atoms with Gasteiger partial charge in [0.15, 0.2) is 15.8 Å². The van der Waals surface area contributed by atoms with Crippen LogP contribution in [0.2, 0.25) is 0 Å². The van der Waals surface area contributed by atoms with Crippen molar-refractivity contribution in [3.05, 3.63) is 60.2 Å². The highest BCUT2D eigenvalue weighted by Crippen LogP contribution is 2.24. The Kier molecular flexibility index (Phi) is 5.78. The third kappa shape index (κ3) is 4.98. The van der Waals surface area contributed by atoms with Crippen molar-refractivity contribution in [2.45, 2.75) is 19.0 Å². The van der Waals surface area contributed by atoms with Crippen LogP contribution in [0.3, 0.4) is 0 Å². The Morgan fingerprint density at radius 1 is 1.15 bits per heavy atom. The Bertz CT molecular complexity index is 867. The number of hydrogen-bond donors (Lipinski definition) is 2. The van der Waals surface area contributed by atoms with E-state index in [2.05, 4.69) is 15.6 Å². The van der Waals surface area contributed by atoms with Gasteiger partial charge in [0.2, 0.25) is 0 Å². The average Bonchev–Trinajstić information content (AvgIpc) is 2.99. The molecule has 1 fully saturated rings. The first-order chi connectivity index (χ1) is 12.6. The van der Waals surface area contributed by atoms with E-state index in [4.69, 9.17) is 4.74 Å². The number of nitrogens with one attached hydrogen (secondary N) is 2. The smallest absolute Gasteiger partial charge is 0.191 e. The lowest BCUT2D eigenvalue weighted by molar-refractivity contribution is 0.475. The number of para-hydroxylation sites is 2. The molecule has 0 saturated carbocycles. The fraction of sp³-hybridized carbons (Fsp3) is 0.316. The van der Waals surface area contributed by atoms with Crippen molar-refractivity contribution in [1.29, 1.82) is 0 Å². The van der Waals surface area contributed by atoms with E-state index in [-0.39, 0.29) is 17.5 Å². The van der Waals surface area contributed by atoms with Crippen LogP contribution in [0.5, 0.6) is 11.5 Å². The Hall–Kier alpha value is -2.54. The van der Waals surface area contributed by atoms with Gasteiger partial charge in [-0.15, -0.1) is 0 Å². The van der Waals surface area contributed by atoms with Gasteiger partial charge in [-0.2, -0.15) is 0 Å². The molecule has 2 aromatic rings. The molecule has 7 heteroatoms. The summed E-state index contributed by atoms with van der Waals surface area (Å²) in [5, 5.41) is 6.41. The number of nitrogens with zero attached hydrogens (tertiary/aromatic N) is 1. The maximum absolute atomic E-state index is 11.6. The van der Waals surface area contributed by atoms with Crippen molar-refractivity contribution in [3.8, 4) is 11.5 Å². The molecule has 6 nitrogen and oxygen atoms in total. The van der Waals surface area contributed by atoms with Gasteiger partial charge >= 0.3 is 0 Å². The van der Waals surface area contributed by atoms with Crippen molar-refractivity contribution in [3.63, 3.8) is 0 Å². The minimum Gasteiger partial charge on any atom is -0.457 e. The molecule has 1 atom stereocenters. The maximum Gasteiger partial charge on any atom is 0.191 e. The average molecular weight is 373 g/mol. The zero-order valence-electron chi connectivity index (χ0n) is 14.7. The summed E-state index contributed by atoms with van der Waals surface area (Å²) in [4.78, 5) is 4.19. The van der Waals surface area contributed by atoms with E-state index in [9.17, 15) is 8.42 Å². The van der Waals surface area contributed by atoms with Gasteiger partial charge in [0.05, 0.1) is 11.5 Å². The second-order valence-corrected chi connectivity index (χ2v) is 8.42. The first kappa shape index (κ1) is 18.3. The first-order valence-electron chi connectivity index (χ1n) is 8.54. The van der Waals surface area contributed by atoms with Crippen molar-refractivity contribution < 1.29 is 13.2 Å². The van der Waals surface area contributed by atoms with Gasteiger partial charge in [-0.1, -0.05) is 36.4 Å². The molecule has 0 amide bonds. The second kappa shape index (κ2) is 8.23. The topological polar surface area (TPSA) is 79.8 Å². The van der Waals surface area contributed by atoms with Crippen LogP contribution in [-0.4, -0.2) is 39.0 Å². The summed E-state index contributed by atoms with van der Waals surface area (Å²) in [5.74, 6) is 2.52. The largest absolute Gasteiger partial charge is 0.457 e. The number of ether oxygens (including phenoxy) is 1. The van der Waals surface area contributed by atoms with Crippen LogP contribution >= 0.6 is 0 Å². The van der Waals surface area contributed by atoms with E-state index in [0.717, 1.165) is 17.1 Å². The lowest BCUT2D eigenvalue weighted by atomic mass is 10.2. The van der Waals surface area contributed by atoms with Crippen LogP contribution in [0, 0.1) is 0 Å². The minimum atomic E-state index is -2.92. The lowest BCUT2D eigenvalue weighted by Crippen LogP contribution is -2.43. The van der Waals surface area contributed by atoms with E-state index < -0.39 is 9.84 Å². The monoisotopic (exact) mass is 373 g/mol. The molecule has 1 saturated heterocycles. The van der Waals surface area contributed by atoms with Gasteiger partial charge in [-0.25, -0.2) is 8.42 Å². The third-order valence-electron chi connectivity index (χ3n) is 4.19. The molecule has 2 aromatic carbocycles. The lowest BCUT2D eigenvalue weighted by Gasteiger charge is -2.17. The molecule has 0 bridgehead atoms. The number of aliphatic imine (C=N–C) groups is 1. The Balaban J connectivity index is 1.62. The van der Waals surface area contributed by atoms with Crippen LogP contribution in [0.4, 0.5) is 0 Å². The van der Waals surface area contributed by atoms with E-state index in [1.807, 2.05) is 54.6 Å². The maximum atomic E-state index is 11.6. The molecule has 0 spiro atoms. The predicted molar refractivity (Wildman–Crippen MR) is 103 cm³/mol. The van der Waals surface area contributed by atoms with Gasteiger partial charge < -0.3 is 15.4 Å². The Labute approximate surface area is 154 Å². The fourth-order valence-electron chi connectivity index (χ4n) is 2.84. The molecule has 26 heavy (non-hydrogen) atoms. The fourth-order valence-corrected chi connectivity index (χ4v) is 4.51. The first-order valence-corrected chi connectivity index (χ1v) is 10.4. The molecule has 0 aliphatic carbocycles. The second-order valence-electron chi connectivity index (χ2n) is 6.19. The van der Waals surface area contributed by atoms with Crippen molar-refractivity contribution in [2.75, 3.05) is 18.6 Å². The number of sulfone groups is 1. The highest BCUT2D eigenvalue weighted by molar-refractivity contribution is 7.91. The number of hydrogen-bond acceptors (Lipinski definition) is 4. The Morgan fingerprint density at radius 2 is 1.88 bits per heavy atom. The standard InChI is InChI=1S/C19H23N3O3S/c1-20-19(22-16-11-12-26(23,24)14-16)21-13-15-7-5-6-10-18(15)25-17-8-3-2-4-9-17/h2-10,16H,11-14H2,1H3,(H2,20,21,22). The summed E-state index contributed by atoms with van der Waals surface area (Å²) in [6.07, 6.45) is 0.608. The van der Waals surface area contributed by atoms with E-state index >= 15 is 0 Å². The predicted octanol–water partition coefficient (Wildman–Crippen LogP) is 2.33. The van der Waals surface area contributed by atoms with Crippen molar-refractivity contribution in [1.82, 2.24) is 10.6 Å². The highest BCUT2D eigenvalue weighted by Gasteiger charge is 2.28.